The van der Waals surface area contributed by atoms with Crippen molar-refractivity contribution in [2.45, 2.75) is 58.3 Å². The summed E-state index contributed by atoms with van der Waals surface area (Å²) in [6.07, 6.45) is 4.18. The third-order valence-electron chi connectivity index (χ3n) is 2.68. The predicted octanol–water partition coefficient (Wildman–Crippen LogP) is 1.96. The first-order valence-electron chi connectivity index (χ1n) is 6.20. The summed E-state index contributed by atoms with van der Waals surface area (Å²) in [7, 11) is 0. The highest BCUT2D eigenvalue weighted by Crippen LogP contribution is 2.16. The summed E-state index contributed by atoms with van der Waals surface area (Å²) in [4.78, 5) is 0. The minimum Gasteiger partial charge on any atom is -0.377 e. The molecule has 0 saturated carbocycles. The van der Waals surface area contributed by atoms with Crippen molar-refractivity contribution in [3.05, 3.63) is 0 Å². The van der Waals surface area contributed by atoms with Crippen molar-refractivity contribution in [3.8, 4) is 0 Å². The first-order valence-corrected chi connectivity index (χ1v) is 6.20. The monoisotopic (exact) mass is 215 g/mol. The fraction of sp³-hybridized carbons (Fsp3) is 1.00. The fourth-order valence-electron chi connectivity index (χ4n) is 1.84. The first-order chi connectivity index (χ1) is 7.24. The van der Waals surface area contributed by atoms with E-state index in [1.165, 1.54) is 12.8 Å². The van der Waals surface area contributed by atoms with E-state index in [2.05, 4.69) is 26.1 Å². The smallest absolute Gasteiger partial charge is 0.0751 e. The van der Waals surface area contributed by atoms with Crippen molar-refractivity contribution in [2.24, 2.45) is 0 Å². The number of rotatable bonds is 7. The van der Waals surface area contributed by atoms with Crippen LogP contribution in [0.2, 0.25) is 0 Å². The Bertz CT molecular complexity index is 156. The molecule has 0 aromatic rings. The van der Waals surface area contributed by atoms with Crippen LogP contribution in [0.3, 0.4) is 0 Å². The third-order valence-corrected chi connectivity index (χ3v) is 2.68. The standard InChI is InChI=1S/C12H25NO2/c1-4-7-13-11(9-15-10(2)3)12-6-5-8-14-12/h10-13H,4-9H2,1-3H3. The van der Waals surface area contributed by atoms with Gasteiger partial charge in [0.2, 0.25) is 0 Å². The molecule has 1 saturated heterocycles. The molecule has 2 unspecified atom stereocenters. The highest BCUT2D eigenvalue weighted by atomic mass is 16.5. The fourth-order valence-corrected chi connectivity index (χ4v) is 1.84. The Balaban J connectivity index is 2.30. The molecule has 1 fully saturated rings. The summed E-state index contributed by atoms with van der Waals surface area (Å²) in [6.45, 7) is 9.06. The molecule has 3 nitrogen and oxygen atoms in total. The van der Waals surface area contributed by atoms with Crippen molar-refractivity contribution >= 4 is 0 Å². The highest BCUT2D eigenvalue weighted by molar-refractivity contribution is 4.80. The summed E-state index contributed by atoms with van der Waals surface area (Å²) in [5.41, 5.74) is 0. The summed E-state index contributed by atoms with van der Waals surface area (Å²) < 4.78 is 11.4. The van der Waals surface area contributed by atoms with Crippen LogP contribution in [0.5, 0.6) is 0 Å². The topological polar surface area (TPSA) is 30.5 Å². The molecule has 1 heterocycles. The molecule has 0 amide bonds. The number of ether oxygens (including phenoxy) is 2. The molecule has 0 bridgehead atoms. The molecule has 0 radical (unpaired) electrons. The van der Waals surface area contributed by atoms with Gasteiger partial charge in [-0.3, -0.25) is 0 Å². The van der Waals surface area contributed by atoms with Crippen LogP contribution >= 0.6 is 0 Å². The minimum atomic E-state index is 0.303. The number of hydrogen-bond donors (Lipinski definition) is 1. The van der Waals surface area contributed by atoms with Crippen LogP contribution in [-0.4, -0.2) is 38.0 Å². The Morgan fingerprint density at radius 3 is 2.80 bits per heavy atom. The molecule has 1 aliphatic rings. The third kappa shape index (κ3) is 4.96. The van der Waals surface area contributed by atoms with Crippen molar-refractivity contribution < 1.29 is 9.47 Å². The van der Waals surface area contributed by atoms with Crippen molar-refractivity contribution in [1.82, 2.24) is 5.32 Å². The summed E-state index contributed by atoms with van der Waals surface area (Å²) in [5.74, 6) is 0. The maximum atomic E-state index is 5.70. The minimum absolute atomic E-state index is 0.303. The molecule has 0 aromatic heterocycles. The lowest BCUT2D eigenvalue weighted by atomic mass is 10.1. The maximum Gasteiger partial charge on any atom is 0.0751 e. The van der Waals surface area contributed by atoms with Gasteiger partial charge in [-0.15, -0.1) is 0 Å². The maximum absolute atomic E-state index is 5.70. The van der Waals surface area contributed by atoms with Gasteiger partial charge in [0.15, 0.2) is 0 Å². The van der Waals surface area contributed by atoms with E-state index in [1.807, 2.05) is 0 Å². The lowest BCUT2D eigenvalue weighted by molar-refractivity contribution is 0.00828. The van der Waals surface area contributed by atoms with E-state index in [4.69, 9.17) is 9.47 Å². The first kappa shape index (κ1) is 12.9. The van der Waals surface area contributed by atoms with Gasteiger partial charge in [-0.05, 0) is 39.7 Å². The van der Waals surface area contributed by atoms with Crippen molar-refractivity contribution in [1.29, 1.82) is 0 Å². The van der Waals surface area contributed by atoms with Crippen LogP contribution in [-0.2, 0) is 9.47 Å². The van der Waals surface area contributed by atoms with Gasteiger partial charge in [-0.1, -0.05) is 6.92 Å². The number of hydrogen-bond acceptors (Lipinski definition) is 3. The van der Waals surface area contributed by atoms with Gasteiger partial charge >= 0.3 is 0 Å². The normalized spacial score (nSPS) is 23.6. The van der Waals surface area contributed by atoms with E-state index in [0.717, 1.165) is 26.2 Å². The molecular weight excluding hydrogens is 190 g/mol. The molecule has 15 heavy (non-hydrogen) atoms. The van der Waals surface area contributed by atoms with E-state index in [-0.39, 0.29) is 0 Å². The van der Waals surface area contributed by atoms with E-state index >= 15 is 0 Å². The Morgan fingerprint density at radius 2 is 2.27 bits per heavy atom. The van der Waals surface area contributed by atoms with Gasteiger partial charge in [0.1, 0.15) is 0 Å². The zero-order valence-electron chi connectivity index (χ0n) is 10.3. The van der Waals surface area contributed by atoms with Gasteiger partial charge < -0.3 is 14.8 Å². The molecule has 0 spiro atoms. The molecule has 90 valence electrons. The van der Waals surface area contributed by atoms with Crippen LogP contribution in [0.15, 0.2) is 0 Å². The molecule has 1 aliphatic heterocycles. The zero-order chi connectivity index (χ0) is 11.1. The molecule has 0 aliphatic carbocycles. The van der Waals surface area contributed by atoms with Crippen LogP contribution in [0.25, 0.3) is 0 Å². The Morgan fingerprint density at radius 1 is 1.47 bits per heavy atom. The molecular formula is C12H25NO2. The van der Waals surface area contributed by atoms with Crippen molar-refractivity contribution in [2.75, 3.05) is 19.8 Å². The zero-order valence-corrected chi connectivity index (χ0v) is 10.3. The largest absolute Gasteiger partial charge is 0.377 e. The quantitative estimate of drug-likeness (QED) is 0.704. The second kappa shape index (κ2) is 7.20. The second-order valence-corrected chi connectivity index (χ2v) is 4.49. The van der Waals surface area contributed by atoms with Crippen LogP contribution in [0.1, 0.15) is 40.0 Å². The number of nitrogens with one attached hydrogen (secondary N) is 1. The Labute approximate surface area is 93.5 Å². The molecule has 1 rings (SSSR count). The Kier molecular flexibility index (Phi) is 6.22. The average molecular weight is 215 g/mol. The summed E-state index contributed by atoms with van der Waals surface area (Å²) in [5, 5.41) is 3.52. The van der Waals surface area contributed by atoms with E-state index in [0.29, 0.717) is 18.2 Å². The molecule has 1 N–H and O–H groups in total. The van der Waals surface area contributed by atoms with Gasteiger partial charge in [-0.25, -0.2) is 0 Å². The van der Waals surface area contributed by atoms with Gasteiger partial charge in [0, 0.05) is 6.61 Å². The summed E-state index contributed by atoms with van der Waals surface area (Å²) in [6, 6.07) is 0.370. The lowest BCUT2D eigenvalue weighted by Crippen LogP contribution is -2.44. The predicted molar refractivity (Wildman–Crippen MR) is 62.1 cm³/mol. The average Bonchev–Trinajstić information content (AvgIpc) is 2.71. The van der Waals surface area contributed by atoms with E-state index in [9.17, 15) is 0 Å². The van der Waals surface area contributed by atoms with E-state index < -0.39 is 0 Å². The van der Waals surface area contributed by atoms with Gasteiger partial charge in [0.25, 0.3) is 0 Å². The van der Waals surface area contributed by atoms with E-state index in [1.54, 1.807) is 0 Å². The molecule has 2 atom stereocenters. The molecule has 3 heteroatoms. The second-order valence-electron chi connectivity index (χ2n) is 4.49. The highest BCUT2D eigenvalue weighted by Gasteiger charge is 2.25. The van der Waals surface area contributed by atoms with Gasteiger partial charge in [0.05, 0.1) is 24.9 Å². The Hall–Kier alpha value is -0.120. The van der Waals surface area contributed by atoms with Crippen molar-refractivity contribution in [3.63, 3.8) is 0 Å². The lowest BCUT2D eigenvalue weighted by Gasteiger charge is -2.25. The van der Waals surface area contributed by atoms with Crippen LogP contribution in [0, 0.1) is 0 Å². The summed E-state index contributed by atoms with van der Waals surface area (Å²) >= 11 is 0. The molecule has 0 aromatic carbocycles. The van der Waals surface area contributed by atoms with Crippen LogP contribution < -0.4 is 5.32 Å². The SMILES string of the molecule is CCCNC(COC(C)C)C1CCCO1. The van der Waals surface area contributed by atoms with Crippen LogP contribution in [0.4, 0.5) is 0 Å². The van der Waals surface area contributed by atoms with Gasteiger partial charge in [-0.2, -0.15) is 0 Å².